The van der Waals surface area contributed by atoms with Crippen molar-refractivity contribution in [1.29, 1.82) is 0 Å². The minimum atomic E-state index is -4.59. The number of benzene rings is 1. The van der Waals surface area contributed by atoms with Crippen LogP contribution in [0.25, 0.3) is 0 Å². The van der Waals surface area contributed by atoms with Crippen molar-refractivity contribution in [2.45, 2.75) is 37.4 Å². The lowest BCUT2D eigenvalue weighted by Crippen LogP contribution is -2.32. The highest BCUT2D eigenvalue weighted by Gasteiger charge is 2.51. The van der Waals surface area contributed by atoms with Crippen molar-refractivity contribution < 1.29 is 18.1 Å². The van der Waals surface area contributed by atoms with Crippen molar-refractivity contribution in [3.05, 3.63) is 39.4 Å². The summed E-state index contributed by atoms with van der Waals surface area (Å²) in [6.07, 6.45) is -3.26. The normalized spacial score (nSPS) is 19.0. The summed E-state index contributed by atoms with van der Waals surface area (Å²) < 4.78 is 37.8. The summed E-state index contributed by atoms with van der Waals surface area (Å²) in [5.74, 6) is 0. The van der Waals surface area contributed by atoms with Crippen molar-refractivity contribution in [1.82, 2.24) is 0 Å². The summed E-state index contributed by atoms with van der Waals surface area (Å²) in [5, 5.41) is 11.0. The van der Waals surface area contributed by atoms with Gasteiger partial charge in [-0.15, -0.1) is 0 Å². The molecule has 0 saturated heterocycles. The van der Waals surface area contributed by atoms with Crippen LogP contribution in [-0.2, 0) is 11.6 Å². The quantitative estimate of drug-likeness (QED) is 0.680. The molecule has 1 aromatic rings. The van der Waals surface area contributed by atoms with Crippen LogP contribution in [0.4, 0.5) is 18.9 Å². The molecule has 1 aliphatic rings. The Bertz CT molecular complexity index is 522. The molecular weight excluding hydrogens is 261 g/mol. The predicted molar refractivity (Wildman–Crippen MR) is 62.7 cm³/mol. The van der Waals surface area contributed by atoms with Crippen LogP contribution < -0.4 is 5.73 Å². The Balaban J connectivity index is 2.55. The smallest absolute Gasteiger partial charge is 0.327 e. The topological polar surface area (TPSA) is 69.2 Å². The molecule has 1 aromatic carbocycles. The summed E-state index contributed by atoms with van der Waals surface area (Å²) in [4.78, 5) is 10.2. The fraction of sp³-hybridized carbons (Fsp3) is 0.500. The maximum absolute atomic E-state index is 12.6. The summed E-state index contributed by atoms with van der Waals surface area (Å²) in [6.45, 7) is 1.72. The molecule has 4 nitrogen and oxygen atoms in total. The monoisotopic (exact) mass is 274 g/mol. The molecule has 1 fully saturated rings. The van der Waals surface area contributed by atoms with Crippen molar-refractivity contribution in [2.75, 3.05) is 0 Å². The van der Waals surface area contributed by atoms with Gasteiger partial charge in [0.1, 0.15) is 0 Å². The average Bonchev–Trinajstić information content (AvgIpc) is 3.07. The van der Waals surface area contributed by atoms with Gasteiger partial charge in [0.25, 0.3) is 5.69 Å². The highest BCUT2D eigenvalue weighted by Crippen LogP contribution is 2.53. The Hall–Kier alpha value is -1.63. The van der Waals surface area contributed by atoms with Gasteiger partial charge in [0.2, 0.25) is 0 Å². The van der Waals surface area contributed by atoms with Crippen molar-refractivity contribution >= 4 is 5.69 Å². The van der Waals surface area contributed by atoms with E-state index >= 15 is 0 Å². The molecule has 2 rings (SSSR count). The fourth-order valence-electron chi connectivity index (χ4n) is 2.38. The van der Waals surface area contributed by atoms with Crippen LogP contribution in [0.3, 0.4) is 0 Å². The number of rotatable bonds is 3. The number of alkyl halides is 3. The number of nitro groups is 1. The van der Waals surface area contributed by atoms with Crippen LogP contribution in [0.1, 0.15) is 30.9 Å². The molecule has 0 amide bonds. The van der Waals surface area contributed by atoms with E-state index in [4.69, 9.17) is 5.73 Å². The molecule has 0 heterocycles. The minimum absolute atomic E-state index is 0.306. The van der Waals surface area contributed by atoms with Crippen LogP contribution in [0, 0.1) is 10.1 Å². The number of hydrogen-bond donors (Lipinski definition) is 1. The molecule has 0 spiro atoms. The van der Waals surface area contributed by atoms with Gasteiger partial charge in [0, 0.05) is 23.1 Å². The number of hydrogen-bond acceptors (Lipinski definition) is 3. The first-order chi connectivity index (χ1) is 8.68. The molecule has 1 unspecified atom stereocenters. The summed E-state index contributed by atoms with van der Waals surface area (Å²) in [5.41, 5.74) is 4.06. The number of nitrogens with two attached hydrogens (primary N) is 1. The summed E-state index contributed by atoms with van der Waals surface area (Å²) in [6, 6.07) is 2.34. The zero-order chi connectivity index (χ0) is 14.4. The zero-order valence-electron chi connectivity index (χ0n) is 10.2. The third-order valence-corrected chi connectivity index (χ3v) is 3.72. The minimum Gasteiger partial charge on any atom is -0.327 e. The van der Waals surface area contributed by atoms with Gasteiger partial charge in [-0.2, -0.15) is 13.2 Å². The molecule has 0 radical (unpaired) electrons. The van der Waals surface area contributed by atoms with Gasteiger partial charge in [-0.05, 0) is 25.8 Å². The second kappa shape index (κ2) is 4.19. The Morgan fingerprint density at radius 3 is 2.37 bits per heavy atom. The van der Waals surface area contributed by atoms with Gasteiger partial charge < -0.3 is 5.73 Å². The van der Waals surface area contributed by atoms with E-state index in [0.717, 1.165) is 6.07 Å². The molecular formula is C12H13F3N2O2. The molecule has 1 atom stereocenters. The fourth-order valence-corrected chi connectivity index (χ4v) is 2.38. The number of nitro benzene ring substituents is 1. The van der Waals surface area contributed by atoms with Gasteiger partial charge in [-0.1, -0.05) is 6.07 Å². The van der Waals surface area contributed by atoms with Crippen molar-refractivity contribution in [2.24, 2.45) is 5.73 Å². The lowest BCUT2D eigenvalue weighted by molar-refractivity contribution is -0.386. The Kier molecular flexibility index (Phi) is 3.04. The lowest BCUT2D eigenvalue weighted by atomic mass is 9.87. The van der Waals surface area contributed by atoms with Crippen LogP contribution >= 0.6 is 0 Å². The molecule has 0 bridgehead atoms. The van der Waals surface area contributed by atoms with E-state index < -0.39 is 27.8 Å². The van der Waals surface area contributed by atoms with E-state index in [1.54, 1.807) is 6.92 Å². The molecule has 2 N–H and O–H groups in total. The highest BCUT2D eigenvalue weighted by molar-refractivity contribution is 5.51. The molecule has 19 heavy (non-hydrogen) atoms. The predicted octanol–water partition coefficient (Wildman–Crippen LogP) is 2.99. The largest absolute Gasteiger partial charge is 0.416 e. The average molecular weight is 274 g/mol. The van der Waals surface area contributed by atoms with E-state index in [-0.39, 0.29) is 6.04 Å². The Labute approximate surface area is 107 Å². The standard InChI is InChI=1S/C12H13F3N2O2/c1-7(16)11(4-5-11)9-3-2-8(12(13,14)15)6-10(9)17(18)19/h2-3,6-7H,4-5,16H2,1H3. The first-order valence-electron chi connectivity index (χ1n) is 5.80. The summed E-state index contributed by atoms with van der Waals surface area (Å²) in [7, 11) is 0. The molecule has 1 saturated carbocycles. The maximum atomic E-state index is 12.6. The van der Waals surface area contributed by atoms with Crippen LogP contribution in [0.15, 0.2) is 18.2 Å². The van der Waals surface area contributed by atoms with Crippen LogP contribution in [0.5, 0.6) is 0 Å². The van der Waals surface area contributed by atoms with Gasteiger partial charge >= 0.3 is 6.18 Å². The maximum Gasteiger partial charge on any atom is 0.416 e. The van der Waals surface area contributed by atoms with Gasteiger partial charge in [-0.25, -0.2) is 0 Å². The Morgan fingerprint density at radius 2 is 2.00 bits per heavy atom. The second-order valence-corrected chi connectivity index (χ2v) is 4.93. The van der Waals surface area contributed by atoms with E-state index in [1.807, 2.05) is 0 Å². The molecule has 0 aromatic heterocycles. The number of nitrogens with zero attached hydrogens (tertiary/aromatic N) is 1. The van der Waals surface area contributed by atoms with Gasteiger partial charge in [0.15, 0.2) is 0 Å². The molecule has 7 heteroatoms. The highest BCUT2D eigenvalue weighted by atomic mass is 19.4. The van der Waals surface area contributed by atoms with Crippen molar-refractivity contribution in [3.8, 4) is 0 Å². The Morgan fingerprint density at radius 1 is 1.42 bits per heavy atom. The number of halogens is 3. The summed E-state index contributed by atoms with van der Waals surface area (Å²) >= 11 is 0. The van der Waals surface area contributed by atoms with Gasteiger partial charge in [0.05, 0.1) is 10.5 Å². The molecule has 104 valence electrons. The first-order valence-corrected chi connectivity index (χ1v) is 5.80. The third kappa shape index (κ3) is 2.30. The lowest BCUT2D eigenvalue weighted by Gasteiger charge is -2.20. The molecule has 1 aliphatic carbocycles. The van der Waals surface area contributed by atoms with E-state index in [0.29, 0.717) is 24.5 Å². The molecule has 0 aliphatic heterocycles. The van der Waals surface area contributed by atoms with Gasteiger partial charge in [-0.3, -0.25) is 10.1 Å². The van der Waals surface area contributed by atoms with E-state index in [9.17, 15) is 23.3 Å². The van der Waals surface area contributed by atoms with Crippen molar-refractivity contribution in [3.63, 3.8) is 0 Å². The zero-order valence-corrected chi connectivity index (χ0v) is 10.2. The SMILES string of the molecule is CC(N)C1(c2ccc(C(F)(F)F)cc2[N+](=O)[O-])CC1. The van der Waals surface area contributed by atoms with E-state index in [1.165, 1.54) is 6.07 Å². The third-order valence-electron chi connectivity index (χ3n) is 3.72. The van der Waals surface area contributed by atoms with Crippen LogP contribution in [-0.4, -0.2) is 11.0 Å². The van der Waals surface area contributed by atoms with Crippen LogP contribution in [0.2, 0.25) is 0 Å². The van der Waals surface area contributed by atoms with E-state index in [2.05, 4.69) is 0 Å². The first kappa shape index (κ1) is 13.8. The second-order valence-electron chi connectivity index (χ2n) is 4.93.